The standard InChI is InChI=1S/C13H17ClN2O4/c1-13(2,3)20-12(17)10(15)7-8-9(14)5-4-6-11(8)16(18)19/h4-6,10H,7,15H2,1-3H3. The van der Waals surface area contributed by atoms with Crippen LogP contribution in [-0.4, -0.2) is 22.5 Å². The highest BCUT2D eigenvalue weighted by Crippen LogP contribution is 2.27. The van der Waals surface area contributed by atoms with Crippen LogP contribution in [0.5, 0.6) is 0 Å². The van der Waals surface area contributed by atoms with Crippen LogP contribution >= 0.6 is 11.6 Å². The zero-order chi connectivity index (χ0) is 15.5. The normalized spacial score (nSPS) is 12.8. The summed E-state index contributed by atoms with van der Waals surface area (Å²) < 4.78 is 5.14. The summed E-state index contributed by atoms with van der Waals surface area (Å²) in [5, 5.41) is 11.2. The molecule has 1 unspecified atom stereocenters. The Morgan fingerprint density at radius 2 is 2.10 bits per heavy atom. The number of rotatable bonds is 4. The number of carbonyl (C=O) groups is 1. The maximum atomic E-state index is 11.8. The van der Waals surface area contributed by atoms with E-state index < -0.39 is 22.5 Å². The molecule has 7 heteroatoms. The van der Waals surface area contributed by atoms with Gasteiger partial charge in [0.15, 0.2) is 0 Å². The van der Waals surface area contributed by atoms with Crippen LogP contribution in [0.2, 0.25) is 5.02 Å². The second-order valence-electron chi connectivity index (χ2n) is 5.34. The molecule has 0 aliphatic carbocycles. The van der Waals surface area contributed by atoms with Crippen molar-refractivity contribution in [1.82, 2.24) is 0 Å². The SMILES string of the molecule is CC(C)(C)OC(=O)C(N)Cc1c(Cl)cccc1[N+](=O)[O-]. The highest BCUT2D eigenvalue weighted by atomic mass is 35.5. The summed E-state index contributed by atoms with van der Waals surface area (Å²) in [7, 11) is 0. The van der Waals surface area contributed by atoms with Crippen molar-refractivity contribution in [2.24, 2.45) is 5.73 Å². The predicted octanol–water partition coefficient (Wildman–Crippen LogP) is 2.46. The number of esters is 1. The molecule has 110 valence electrons. The molecule has 0 fully saturated rings. The molecule has 0 saturated carbocycles. The number of halogens is 1. The Morgan fingerprint density at radius 1 is 1.50 bits per heavy atom. The Balaban J connectivity index is 2.93. The van der Waals surface area contributed by atoms with Gasteiger partial charge < -0.3 is 10.5 Å². The first-order chi connectivity index (χ1) is 9.11. The molecular formula is C13H17ClN2O4. The molecule has 0 heterocycles. The average Bonchev–Trinajstić information content (AvgIpc) is 2.28. The fraction of sp³-hybridized carbons (Fsp3) is 0.462. The van der Waals surface area contributed by atoms with E-state index >= 15 is 0 Å². The van der Waals surface area contributed by atoms with Gasteiger partial charge in [-0.05, 0) is 26.8 Å². The number of carbonyl (C=O) groups excluding carboxylic acids is 1. The number of hydrogen-bond acceptors (Lipinski definition) is 5. The lowest BCUT2D eigenvalue weighted by atomic mass is 10.0. The Bertz CT molecular complexity index is 526. The fourth-order valence-electron chi connectivity index (χ4n) is 1.60. The number of benzene rings is 1. The number of nitrogens with two attached hydrogens (primary N) is 1. The summed E-state index contributed by atoms with van der Waals surface area (Å²) in [4.78, 5) is 22.2. The molecule has 0 spiro atoms. The summed E-state index contributed by atoms with van der Waals surface area (Å²) in [6, 6.07) is 3.31. The van der Waals surface area contributed by atoms with E-state index in [0.717, 1.165) is 0 Å². The molecule has 0 amide bonds. The van der Waals surface area contributed by atoms with Crippen LogP contribution in [0.25, 0.3) is 0 Å². The monoisotopic (exact) mass is 300 g/mol. The van der Waals surface area contributed by atoms with E-state index in [-0.39, 0.29) is 22.7 Å². The van der Waals surface area contributed by atoms with E-state index in [2.05, 4.69) is 0 Å². The third-order valence-corrected chi connectivity index (χ3v) is 2.78. The van der Waals surface area contributed by atoms with Gasteiger partial charge in [-0.1, -0.05) is 17.7 Å². The van der Waals surface area contributed by atoms with E-state index in [1.807, 2.05) is 0 Å². The lowest BCUT2D eigenvalue weighted by Crippen LogP contribution is -2.39. The first-order valence-corrected chi connectivity index (χ1v) is 6.40. The fourth-order valence-corrected chi connectivity index (χ4v) is 1.85. The Labute approximate surface area is 122 Å². The minimum absolute atomic E-state index is 0.0507. The van der Waals surface area contributed by atoms with Crippen LogP contribution in [0.15, 0.2) is 18.2 Å². The number of nitro benzene ring substituents is 1. The molecule has 0 radical (unpaired) electrons. The van der Waals surface area contributed by atoms with Crippen LogP contribution in [0, 0.1) is 10.1 Å². The molecule has 2 N–H and O–H groups in total. The van der Waals surface area contributed by atoms with Gasteiger partial charge in [0.05, 0.1) is 15.5 Å². The van der Waals surface area contributed by atoms with Crippen molar-refractivity contribution < 1.29 is 14.5 Å². The third kappa shape index (κ3) is 4.47. The third-order valence-electron chi connectivity index (χ3n) is 2.42. The van der Waals surface area contributed by atoms with Gasteiger partial charge in [-0.15, -0.1) is 0 Å². The number of hydrogen-bond donors (Lipinski definition) is 1. The molecule has 1 rings (SSSR count). The molecule has 0 bridgehead atoms. The molecule has 0 saturated heterocycles. The van der Waals surface area contributed by atoms with Gasteiger partial charge >= 0.3 is 5.97 Å². The Morgan fingerprint density at radius 3 is 2.60 bits per heavy atom. The largest absolute Gasteiger partial charge is 0.459 e. The molecule has 0 aliphatic heterocycles. The molecular weight excluding hydrogens is 284 g/mol. The van der Waals surface area contributed by atoms with Gasteiger partial charge in [0.2, 0.25) is 0 Å². The number of nitro groups is 1. The van der Waals surface area contributed by atoms with Gasteiger partial charge in [-0.3, -0.25) is 14.9 Å². The van der Waals surface area contributed by atoms with E-state index in [0.29, 0.717) is 0 Å². The zero-order valence-electron chi connectivity index (χ0n) is 11.6. The van der Waals surface area contributed by atoms with Crippen molar-refractivity contribution in [1.29, 1.82) is 0 Å². The summed E-state index contributed by atoms with van der Waals surface area (Å²) in [6.07, 6.45) is -0.0507. The molecule has 1 aromatic carbocycles. The lowest BCUT2D eigenvalue weighted by molar-refractivity contribution is -0.385. The average molecular weight is 301 g/mol. The minimum atomic E-state index is -1.01. The Hall–Kier alpha value is -1.66. The van der Waals surface area contributed by atoms with E-state index in [4.69, 9.17) is 22.1 Å². The molecule has 0 aromatic heterocycles. The first kappa shape index (κ1) is 16.4. The van der Waals surface area contributed by atoms with Crippen LogP contribution in [0.3, 0.4) is 0 Å². The zero-order valence-corrected chi connectivity index (χ0v) is 12.3. The second kappa shape index (κ2) is 6.19. The number of nitrogens with zero attached hydrogens (tertiary/aromatic N) is 1. The van der Waals surface area contributed by atoms with Crippen LogP contribution in [0.1, 0.15) is 26.3 Å². The van der Waals surface area contributed by atoms with Gasteiger partial charge in [-0.2, -0.15) is 0 Å². The highest BCUT2D eigenvalue weighted by Gasteiger charge is 2.26. The maximum Gasteiger partial charge on any atom is 0.323 e. The molecule has 1 aromatic rings. The van der Waals surface area contributed by atoms with Crippen molar-refractivity contribution in [2.45, 2.75) is 38.8 Å². The van der Waals surface area contributed by atoms with Gasteiger partial charge in [0.1, 0.15) is 11.6 Å². The van der Waals surface area contributed by atoms with Crippen molar-refractivity contribution in [2.75, 3.05) is 0 Å². The molecule has 6 nitrogen and oxygen atoms in total. The van der Waals surface area contributed by atoms with Crippen molar-refractivity contribution >= 4 is 23.3 Å². The smallest absolute Gasteiger partial charge is 0.323 e. The van der Waals surface area contributed by atoms with Gasteiger partial charge in [-0.25, -0.2) is 0 Å². The Kier molecular flexibility index (Phi) is 5.08. The van der Waals surface area contributed by atoms with E-state index in [1.165, 1.54) is 18.2 Å². The molecule has 1 atom stereocenters. The van der Waals surface area contributed by atoms with E-state index in [1.54, 1.807) is 20.8 Å². The highest BCUT2D eigenvalue weighted by molar-refractivity contribution is 6.31. The molecule has 0 aliphatic rings. The topological polar surface area (TPSA) is 95.5 Å². The first-order valence-electron chi connectivity index (χ1n) is 6.02. The van der Waals surface area contributed by atoms with Crippen molar-refractivity contribution in [3.63, 3.8) is 0 Å². The summed E-state index contributed by atoms with van der Waals surface area (Å²) in [5.74, 6) is -0.619. The van der Waals surface area contributed by atoms with Crippen LogP contribution in [0.4, 0.5) is 5.69 Å². The van der Waals surface area contributed by atoms with Gasteiger partial charge in [0.25, 0.3) is 5.69 Å². The number of ether oxygens (including phenoxy) is 1. The van der Waals surface area contributed by atoms with Gasteiger partial charge in [0, 0.05) is 12.5 Å². The van der Waals surface area contributed by atoms with Crippen molar-refractivity contribution in [3.8, 4) is 0 Å². The minimum Gasteiger partial charge on any atom is -0.459 e. The lowest BCUT2D eigenvalue weighted by Gasteiger charge is -2.22. The van der Waals surface area contributed by atoms with Crippen LogP contribution in [-0.2, 0) is 16.0 Å². The maximum absolute atomic E-state index is 11.8. The summed E-state index contributed by atoms with van der Waals surface area (Å²) in [6.45, 7) is 5.15. The molecule has 20 heavy (non-hydrogen) atoms. The quantitative estimate of drug-likeness (QED) is 0.523. The second-order valence-corrected chi connectivity index (χ2v) is 5.75. The summed E-state index contributed by atoms with van der Waals surface area (Å²) in [5.41, 5.74) is 5.15. The van der Waals surface area contributed by atoms with Crippen molar-refractivity contribution in [3.05, 3.63) is 38.9 Å². The summed E-state index contributed by atoms with van der Waals surface area (Å²) >= 11 is 5.94. The van der Waals surface area contributed by atoms with E-state index in [9.17, 15) is 14.9 Å². The predicted molar refractivity (Wildman–Crippen MR) is 75.6 cm³/mol. The van der Waals surface area contributed by atoms with Crippen LogP contribution < -0.4 is 5.73 Å².